The molecule has 0 amide bonds. The highest BCUT2D eigenvalue weighted by Crippen LogP contribution is 2.28. The Morgan fingerprint density at radius 1 is 1.64 bits per heavy atom. The molecule has 0 aromatic heterocycles. The standard InChI is InChI=1S/C9H7BrClNO2/c1-6(5-10)8-3-2-7(11)4-9(8)12(13)14/h2-4H,1,5H2. The molecule has 74 valence electrons. The first-order chi connectivity index (χ1) is 6.56. The number of nitrogens with zero attached hydrogens (tertiary/aromatic N) is 1. The zero-order valence-electron chi connectivity index (χ0n) is 7.17. The molecule has 14 heavy (non-hydrogen) atoms. The molecule has 1 aromatic rings. The summed E-state index contributed by atoms with van der Waals surface area (Å²) in [4.78, 5) is 10.2. The lowest BCUT2D eigenvalue weighted by Crippen LogP contribution is -1.95. The molecule has 5 heteroatoms. The first-order valence-corrected chi connectivity index (χ1v) is 5.24. The van der Waals surface area contributed by atoms with Crippen LogP contribution in [0.2, 0.25) is 5.02 Å². The van der Waals surface area contributed by atoms with Crippen molar-refractivity contribution in [1.82, 2.24) is 0 Å². The topological polar surface area (TPSA) is 43.1 Å². The Hall–Kier alpha value is -0.870. The van der Waals surface area contributed by atoms with E-state index in [1.165, 1.54) is 6.07 Å². The van der Waals surface area contributed by atoms with E-state index in [2.05, 4.69) is 22.5 Å². The molecule has 0 unspecified atom stereocenters. The molecule has 3 nitrogen and oxygen atoms in total. The fourth-order valence-electron chi connectivity index (χ4n) is 1.03. The van der Waals surface area contributed by atoms with Gasteiger partial charge in [0, 0.05) is 16.4 Å². The molecule has 0 bridgehead atoms. The van der Waals surface area contributed by atoms with Gasteiger partial charge in [-0.3, -0.25) is 10.1 Å². The second-order valence-electron chi connectivity index (χ2n) is 2.66. The number of alkyl halides is 1. The number of halogens is 2. The fourth-order valence-corrected chi connectivity index (χ4v) is 1.50. The highest BCUT2D eigenvalue weighted by Gasteiger charge is 2.15. The number of nitro groups is 1. The van der Waals surface area contributed by atoms with Crippen molar-refractivity contribution in [2.24, 2.45) is 0 Å². The minimum Gasteiger partial charge on any atom is -0.258 e. The van der Waals surface area contributed by atoms with Crippen LogP contribution >= 0.6 is 27.5 Å². The van der Waals surface area contributed by atoms with Crippen molar-refractivity contribution in [3.8, 4) is 0 Å². The van der Waals surface area contributed by atoms with Crippen molar-refractivity contribution in [3.63, 3.8) is 0 Å². The number of rotatable bonds is 3. The molecule has 0 heterocycles. The largest absolute Gasteiger partial charge is 0.278 e. The fraction of sp³-hybridized carbons (Fsp3) is 0.111. The number of hydrogen-bond acceptors (Lipinski definition) is 2. The van der Waals surface area contributed by atoms with E-state index in [9.17, 15) is 10.1 Å². The Labute approximate surface area is 94.7 Å². The molecule has 0 aliphatic heterocycles. The minimum atomic E-state index is -0.463. The van der Waals surface area contributed by atoms with Gasteiger partial charge in [-0.15, -0.1) is 0 Å². The van der Waals surface area contributed by atoms with E-state index in [4.69, 9.17) is 11.6 Å². The van der Waals surface area contributed by atoms with Gasteiger partial charge in [0.05, 0.1) is 10.5 Å². The predicted octanol–water partition coefficient (Wildman–Crippen LogP) is 3.66. The Kier molecular flexibility index (Phi) is 3.66. The van der Waals surface area contributed by atoms with E-state index in [1.807, 2.05) is 0 Å². The van der Waals surface area contributed by atoms with Crippen LogP contribution in [0.25, 0.3) is 5.57 Å². The molecule has 0 atom stereocenters. The third-order valence-corrected chi connectivity index (χ3v) is 2.61. The molecule has 1 rings (SSSR count). The van der Waals surface area contributed by atoms with Gasteiger partial charge in [-0.1, -0.05) is 34.1 Å². The van der Waals surface area contributed by atoms with Crippen LogP contribution in [0.4, 0.5) is 5.69 Å². The van der Waals surface area contributed by atoms with Crippen molar-refractivity contribution >= 4 is 38.8 Å². The van der Waals surface area contributed by atoms with E-state index in [0.717, 1.165) is 0 Å². The average Bonchev–Trinajstić information content (AvgIpc) is 2.16. The first kappa shape index (κ1) is 11.2. The summed E-state index contributed by atoms with van der Waals surface area (Å²) in [5.41, 5.74) is 1.16. The predicted molar refractivity (Wildman–Crippen MR) is 60.9 cm³/mol. The normalized spacial score (nSPS) is 9.86. The second-order valence-corrected chi connectivity index (χ2v) is 3.65. The van der Waals surface area contributed by atoms with E-state index >= 15 is 0 Å². The smallest absolute Gasteiger partial charge is 0.258 e. The average molecular weight is 277 g/mol. The lowest BCUT2D eigenvalue weighted by Gasteiger charge is -2.03. The monoisotopic (exact) mass is 275 g/mol. The third-order valence-electron chi connectivity index (χ3n) is 1.70. The van der Waals surface area contributed by atoms with Gasteiger partial charge in [0.25, 0.3) is 5.69 Å². The molecule has 0 radical (unpaired) electrons. The Morgan fingerprint density at radius 3 is 2.79 bits per heavy atom. The lowest BCUT2D eigenvalue weighted by molar-refractivity contribution is -0.385. The maximum absolute atomic E-state index is 10.7. The molecule has 0 fully saturated rings. The molecule has 1 aromatic carbocycles. The van der Waals surface area contributed by atoms with Crippen LogP contribution in [0.5, 0.6) is 0 Å². The van der Waals surface area contributed by atoms with E-state index in [1.54, 1.807) is 12.1 Å². The molecule has 0 spiro atoms. The van der Waals surface area contributed by atoms with Crippen LogP contribution in [-0.4, -0.2) is 10.3 Å². The number of nitro benzene ring substituents is 1. The minimum absolute atomic E-state index is 0.0121. The summed E-state index contributed by atoms with van der Waals surface area (Å²) in [6.45, 7) is 3.72. The molecular weight excluding hydrogens is 269 g/mol. The zero-order chi connectivity index (χ0) is 10.7. The number of allylic oxidation sites excluding steroid dienone is 1. The van der Waals surface area contributed by atoms with Crippen molar-refractivity contribution in [3.05, 3.63) is 45.5 Å². The maximum Gasteiger partial charge on any atom is 0.278 e. The summed E-state index contributed by atoms with van der Waals surface area (Å²) in [5.74, 6) is 0. The highest BCUT2D eigenvalue weighted by molar-refractivity contribution is 9.09. The maximum atomic E-state index is 10.7. The van der Waals surface area contributed by atoms with Crippen LogP contribution < -0.4 is 0 Å². The molecule has 0 saturated carbocycles. The zero-order valence-corrected chi connectivity index (χ0v) is 9.51. The quantitative estimate of drug-likeness (QED) is 0.480. The molecule has 0 aliphatic carbocycles. The van der Waals surface area contributed by atoms with Crippen LogP contribution in [-0.2, 0) is 0 Å². The van der Waals surface area contributed by atoms with Gasteiger partial charge >= 0.3 is 0 Å². The molecule has 0 N–H and O–H groups in total. The number of hydrogen-bond donors (Lipinski definition) is 0. The van der Waals surface area contributed by atoms with Gasteiger partial charge < -0.3 is 0 Å². The van der Waals surface area contributed by atoms with Crippen LogP contribution in [0.15, 0.2) is 24.8 Å². The SMILES string of the molecule is C=C(CBr)c1ccc(Cl)cc1[N+](=O)[O-]. The van der Waals surface area contributed by atoms with Crippen molar-refractivity contribution in [2.75, 3.05) is 5.33 Å². The Balaban J connectivity index is 3.28. The van der Waals surface area contributed by atoms with E-state index in [0.29, 0.717) is 21.5 Å². The Bertz CT molecular complexity index is 392. The van der Waals surface area contributed by atoms with E-state index < -0.39 is 4.92 Å². The summed E-state index contributed by atoms with van der Waals surface area (Å²) in [5, 5.41) is 11.5. The van der Waals surface area contributed by atoms with Crippen LogP contribution in [0.1, 0.15) is 5.56 Å². The van der Waals surface area contributed by atoms with Crippen LogP contribution in [0.3, 0.4) is 0 Å². The molecule has 0 aliphatic rings. The van der Waals surface area contributed by atoms with Gasteiger partial charge in [0.2, 0.25) is 0 Å². The summed E-state index contributed by atoms with van der Waals surface area (Å²) in [6.07, 6.45) is 0. The van der Waals surface area contributed by atoms with Gasteiger partial charge in [-0.05, 0) is 17.7 Å². The van der Waals surface area contributed by atoms with Crippen molar-refractivity contribution in [1.29, 1.82) is 0 Å². The summed E-state index contributed by atoms with van der Waals surface area (Å²) in [7, 11) is 0. The van der Waals surface area contributed by atoms with E-state index in [-0.39, 0.29) is 5.69 Å². The third kappa shape index (κ3) is 2.33. The van der Waals surface area contributed by atoms with Gasteiger partial charge in [-0.2, -0.15) is 0 Å². The second kappa shape index (κ2) is 4.57. The van der Waals surface area contributed by atoms with Gasteiger partial charge in [-0.25, -0.2) is 0 Å². The lowest BCUT2D eigenvalue weighted by atomic mass is 10.1. The summed E-state index contributed by atoms with van der Waals surface area (Å²) < 4.78 is 0. The summed E-state index contributed by atoms with van der Waals surface area (Å²) >= 11 is 8.86. The summed E-state index contributed by atoms with van der Waals surface area (Å²) in [6, 6.07) is 4.53. The van der Waals surface area contributed by atoms with Gasteiger partial charge in [0.1, 0.15) is 0 Å². The highest BCUT2D eigenvalue weighted by atomic mass is 79.9. The van der Waals surface area contributed by atoms with Crippen molar-refractivity contribution in [2.45, 2.75) is 0 Å². The van der Waals surface area contributed by atoms with Crippen molar-refractivity contribution < 1.29 is 4.92 Å². The molecule has 0 saturated heterocycles. The molecular formula is C9H7BrClNO2. The van der Waals surface area contributed by atoms with Gasteiger partial charge in [0.15, 0.2) is 0 Å². The number of benzene rings is 1. The Morgan fingerprint density at radius 2 is 2.29 bits per heavy atom. The first-order valence-electron chi connectivity index (χ1n) is 3.74. The van der Waals surface area contributed by atoms with Crippen LogP contribution in [0, 0.1) is 10.1 Å².